The number of pyridine rings is 2. The van der Waals surface area contributed by atoms with Gasteiger partial charge in [0.2, 0.25) is 5.72 Å². The normalized spacial score (nSPS) is 13.9. The Morgan fingerprint density at radius 3 is 2.60 bits per heavy atom. The zero-order valence-corrected chi connectivity index (χ0v) is 16.2. The molecule has 148 valence electrons. The maximum Gasteiger partial charge on any atom is 0.303 e. The van der Waals surface area contributed by atoms with Crippen molar-refractivity contribution in [2.75, 3.05) is 0 Å². The Bertz CT molecular complexity index is 1420. The molecule has 0 N–H and O–H groups in total. The fourth-order valence-corrected chi connectivity index (χ4v) is 4.33. The van der Waals surface area contributed by atoms with Gasteiger partial charge in [0.15, 0.2) is 5.52 Å². The highest BCUT2D eigenvalue weighted by Crippen LogP contribution is 2.39. The lowest BCUT2D eigenvalue weighted by atomic mass is 10.1. The van der Waals surface area contributed by atoms with Gasteiger partial charge in [0.1, 0.15) is 17.0 Å². The average molecular weight is 395 g/mol. The monoisotopic (exact) mass is 395 g/mol. The smallest absolute Gasteiger partial charge is 0.303 e. The second kappa shape index (κ2) is 6.39. The van der Waals surface area contributed by atoms with Gasteiger partial charge in [0, 0.05) is 37.7 Å². The molecule has 0 fully saturated rings. The number of ether oxygens (including phenoxy) is 1. The SMILES string of the molecule is C.CC1(C)Oc2ccccc2-c2n(-c3ccc4cccnc4c3)c3ncccc3[n+]21. The van der Waals surface area contributed by atoms with E-state index >= 15 is 0 Å². The van der Waals surface area contributed by atoms with Crippen LogP contribution in [0.2, 0.25) is 0 Å². The molecule has 0 unspecified atom stereocenters. The van der Waals surface area contributed by atoms with Crippen LogP contribution in [0.1, 0.15) is 21.3 Å². The van der Waals surface area contributed by atoms with Gasteiger partial charge in [-0.15, -0.1) is 0 Å². The molecule has 4 heterocycles. The Kier molecular flexibility index (Phi) is 3.90. The summed E-state index contributed by atoms with van der Waals surface area (Å²) in [6, 6.07) is 22.6. The number of hydrogen-bond acceptors (Lipinski definition) is 3. The molecule has 3 aromatic heterocycles. The van der Waals surface area contributed by atoms with Gasteiger partial charge in [-0.05, 0) is 42.5 Å². The largest absolute Gasteiger partial charge is 0.449 e. The number of hydrogen-bond donors (Lipinski definition) is 0. The van der Waals surface area contributed by atoms with E-state index < -0.39 is 5.72 Å². The minimum atomic E-state index is -0.550. The Morgan fingerprint density at radius 1 is 0.900 bits per heavy atom. The summed E-state index contributed by atoms with van der Waals surface area (Å²) < 4.78 is 10.8. The van der Waals surface area contributed by atoms with Crippen molar-refractivity contribution in [3.05, 3.63) is 79.1 Å². The Hall–Kier alpha value is -3.73. The molecule has 6 rings (SSSR count). The lowest BCUT2D eigenvalue weighted by Gasteiger charge is -2.30. The van der Waals surface area contributed by atoms with Crippen LogP contribution in [0.3, 0.4) is 0 Å². The quantitative estimate of drug-likeness (QED) is 0.364. The van der Waals surface area contributed by atoms with Gasteiger partial charge in [-0.25, -0.2) is 4.98 Å². The third-order valence-corrected chi connectivity index (χ3v) is 5.52. The number of imidazole rings is 1. The Labute approximate surface area is 175 Å². The molecule has 5 nitrogen and oxygen atoms in total. The summed E-state index contributed by atoms with van der Waals surface area (Å²) in [5.41, 5.74) is 4.41. The molecule has 2 aromatic carbocycles. The summed E-state index contributed by atoms with van der Waals surface area (Å²) >= 11 is 0. The molecule has 1 aliphatic rings. The predicted octanol–water partition coefficient (Wildman–Crippen LogP) is 5.25. The highest BCUT2D eigenvalue weighted by atomic mass is 16.5. The summed E-state index contributed by atoms with van der Waals surface area (Å²) in [6.45, 7) is 4.18. The summed E-state index contributed by atoms with van der Waals surface area (Å²) in [6.07, 6.45) is 3.67. The standard InChI is InChI=1S/C24H19N4O.CH4/c1-24(2)28-20-9-6-14-26-22(20)27(23(28)18-8-3-4-10-21(18)29-24)17-12-11-16-7-5-13-25-19(16)15-17;/h3-15H,1-2H3;1H4/q+1;. The zero-order chi connectivity index (χ0) is 19.6. The first-order valence-corrected chi connectivity index (χ1v) is 9.69. The van der Waals surface area contributed by atoms with E-state index in [1.165, 1.54) is 0 Å². The third-order valence-electron chi connectivity index (χ3n) is 5.52. The highest BCUT2D eigenvalue weighted by Gasteiger charge is 2.44. The van der Waals surface area contributed by atoms with Crippen LogP contribution in [0.25, 0.3) is 39.1 Å². The third kappa shape index (κ3) is 2.45. The topological polar surface area (TPSA) is 43.8 Å². The first kappa shape index (κ1) is 18.3. The lowest BCUT2D eigenvalue weighted by molar-refractivity contribution is -0.765. The summed E-state index contributed by atoms with van der Waals surface area (Å²) in [5, 5.41) is 1.12. The molecular formula is C25H23N4O+. The summed E-state index contributed by atoms with van der Waals surface area (Å²) in [4.78, 5) is 9.30. The van der Waals surface area contributed by atoms with E-state index in [9.17, 15) is 0 Å². The molecule has 0 radical (unpaired) electrons. The second-order valence-electron chi connectivity index (χ2n) is 7.77. The number of aromatic nitrogens is 4. The maximum absolute atomic E-state index is 6.38. The van der Waals surface area contributed by atoms with Crippen LogP contribution in [0.4, 0.5) is 0 Å². The zero-order valence-electron chi connectivity index (χ0n) is 16.2. The molecule has 0 aliphatic carbocycles. The molecular weight excluding hydrogens is 372 g/mol. The van der Waals surface area contributed by atoms with E-state index in [1.54, 1.807) is 0 Å². The van der Waals surface area contributed by atoms with Crippen molar-refractivity contribution in [2.45, 2.75) is 27.0 Å². The van der Waals surface area contributed by atoms with E-state index in [0.717, 1.165) is 44.9 Å². The van der Waals surface area contributed by atoms with E-state index in [-0.39, 0.29) is 7.43 Å². The fraction of sp³-hybridized carbons (Fsp3) is 0.160. The average Bonchev–Trinajstić information content (AvgIpc) is 3.10. The van der Waals surface area contributed by atoms with E-state index in [1.807, 2.05) is 42.7 Å². The van der Waals surface area contributed by atoms with Crippen LogP contribution >= 0.6 is 0 Å². The van der Waals surface area contributed by atoms with Crippen LogP contribution in [-0.2, 0) is 5.72 Å². The van der Waals surface area contributed by atoms with Gasteiger partial charge in [0.05, 0.1) is 5.52 Å². The Morgan fingerprint density at radius 2 is 1.70 bits per heavy atom. The molecule has 0 saturated carbocycles. The molecule has 0 spiro atoms. The van der Waals surface area contributed by atoms with Crippen molar-refractivity contribution >= 4 is 22.1 Å². The summed E-state index contributed by atoms with van der Waals surface area (Å²) in [7, 11) is 0. The number of rotatable bonds is 1. The van der Waals surface area contributed by atoms with Gasteiger partial charge >= 0.3 is 5.82 Å². The molecule has 1 aliphatic heterocycles. The van der Waals surface area contributed by atoms with E-state index in [2.05, 4.69) is 64.4 Å². The highest BCUT2D eigenvalue weighted by molar-refractivity contribution is 5.83. The van der Waals surface area contributed by atoms with Gasteiger partial charge in [-0.1, -0.05) is 25.6 Å². The molecule has 0 saturated heterocycles. The maximum atomic E-state index is 6.38. The minimum Gasteiger partial charge on any atom is -0.449 e. The van der Waals surface area contributed by atoms with Gasteiger partial charge in [-0.3, -0.25) is 4.98 Å². The van der Waals surface area contributed by atoms with Crippen LogP contribution in [-0.4, -0.2) is 14.5 Å². The molecule has 5 aromatic rings. The van der Waals surface area contributed by atoms with Gasteiger partial charge in [0.25, 0.3) is 5.65 Å². The van der Waals surface area contributed by atoms with Crippen molar-refractivity contribution in [3.63, 3.8) is 0 Å². The second-order valence-corrected chi connectivity index (χ2v) is 7.77. The first-order valence-electron chi connectivity index (χ1n) is 9.69. The van der Waals surface area contributed by atoms with Crippen molar-refractivity contribution < 1.29 is 9.30 Å². The van der Waals surface area contributed by atoms with Crippen molar-refractivity contribution in [3.8, 4) is 22.8 Å². The van der Waals surface area contributed by atoms with Gasteiger partial charge in [-0.2, -0.15) is 9.13 Å². The lowest BCUT2D eigenvalue weighted by Crippen LogP contribution is -2.59. The van der Waals surface area contributed by atoms with Gasteiger partial charge < -0.3 is 4.74 Å². The Balaban J connectivity index is 0.00000193. The van der Waals surface area contributed by atoms with Crippen LogP contribution < -0.4 is 9.30 Å². The van der Waals surface area contributed by atoms with Crippen LogP contribution in [0.5, 0.6) is 5.75 Å². The molecule has 5 heteroatoms. The van der Waals surface area contributed by atoms with Crippen LogP contribution in [0, 0.1) is 0 Å². The number of para-hydroxylation sites is 1. The van der Waals surface area contributed by atoms with E-state index in [4.69, 9.17) is 9.72 Å². The summed E-state index contributed by atoms with van der Waals surface area (Å²) in [5.74, 6) is 1.93. The fourth-order valence-electron chi connectivity index (χ4n) is 4.33. The molecule has 0 amide bonds. The van der Waals surface area contributed by atoms with Crippen LogP contribution in [0.15, 0.2) is 79.1 Å². The molecule has 0 bridgehead atoms. The van der Waals surface area contributed by atoms with Crippen molar-refractivity contribution in [1.82, 2.24) is 14.5 Å². The number of nitrogens with zero attached hydrogens (tertiary/aromatic N) is 4. The minimum absolute atomic E-state index is 0. The molecule has 30 heavy (non-hydrogen) atoms. The van der Waals surface area contributed by atoms with Crippen molar-refractivity contribution in [1.29, 1.82) is 0 Å². The number of fused-ring (bicyclic) bond motifs is 6. The van der Waals surface area contributed by atoms with Crippen molar-refractivity contribution in [2.24, 2.45) is 0 Å². The molecule has 0 atom stereocenters. The van der Waals surface area contributed by atoms with E-state index in [0.29, 0.717) is 0 Å². The first-order chi connectivity index (χ1) is 14.1. The predicted molar refractivity (Wildman–Crippen MR) is 119 cm³/mol. The number of benzene rings is 2.